The number of aromatic amines is 1. The van der Waals surface area contributed by atoms with Crippen molar-refractivity contribution in [3.8, 4) is 0 Å². The molecular formula is C43H60N10O15S. The molecule has 26 heteroatoms. The summed E-state index contributed by atoms with van der Waals surface area (Å²) < 4.78 is 10.1. The van der Waals surface area contributed by atoms with Crippen LogP contribution in [-0.2, 0) is 68.6 Å². The molecular weight excluding hydrogens is 929 g/mol. The molecule has 0 saturated carbocycles. The minimum absolute atomic E-state index is 0.0558. The monoisotopic (exact) mass is 988 g/mol. The van der Waals surface area contributed by atoms with Gasteiger partial charge in [0.05, 0.1) is 36.7 Å². The zero-order valence-corrected chi connectivity index (χ0v) is 39.5. The standard InChI is InChI=1S/C43H60N10O15S/c1-6-19(2)35-40(63)47-14-33(58)48-29(18-69-41-25(24-9-7-8-10-27(24)50-41)12-26(44)37(60)46-15-34(59)51-35)38(61)49-28(13-32(45)57)42(64)53-16-23(56)11-30(53)39(62)52-36(43(65)66)20(3)31(68-22(5)55)17-67-21(4)54/h7-10,19-20,23,26,28-31,35-36,50,56H,6,11-18,44H2,1-5H3,(H2,45,57)(H,46,60)(H,47,63)(H,48,58)(H,49,61)(H,51,59)(H,52,62)(H,65,66)/t19-,20-,23+,26?,28?,29?,30-,31-,35-,36-/m0/s1. The van der Waals surface area contributed by atoms with Gasteiger partial charge in [0, 0.05) is 49.4 Å². The van der Waals surface area contributed by atoms with Gasteiger partial charge in [-0.2, -0.15) is 0 Å². The summed E-state index contributed by atoms with van der Waals surface area (Å²) in [7, 11) is 0. The predicted octanol–water partition coefficient (Wildman–Crippen LogP) is -3.59. The first-order valence-corrected chi connectivity index (χ1v) is 23.0. The van der Waals surface area contributed by atoms with Crippen LogP contribution in [0.25, 0.3) is 10.9 Å². The molecule has 0 radical (unpaired) electrons. The van der Waals surface area contributed by atoms with Crippen molar-refractivity contribution in [2.75, 3.05) is 32.0 Å². The highest BCUT2D eigenvalue weighted by Crippen LogP contribution is 2.31. The fourth-order valence-electron chi connectivity index (χ4n) is 7.68. The second-order valence-electron chi connectivity index (χ2n) is 16.8. The lowest BCUT2D eigenvalue weighted by Gasteiger charge is -2.32. The molecule has 13 N–H and O–H groups in total. The average Bonchev–Trinajstić information content (AvgIpc) is 3.86. The van der Waals surface area contributed by atoms with E-state index in [1.54, 1.807) is 38.1 Å². The Morgan fingerprint density at radius 1 is 0.928 bits per heavy atom. The zero-order valence-electron chi connectivity index (χ0n) is 38.7. The number of hydrogen-bond acceptors (Lipinski definition) is 16. The van der Waals surface area contributed by atoms with E-state index in [1.165, 1.54) is 6.92 Å². The molecule has 1 saturated heterocycles. The number of H-pyrrole nitrogens is 1. The third-order valence-electron chi connectivity index (χ3n) is 11.6. The zero-order chi connectivity index (χ0) is 51.3. The fraction of sp³-hybridized carbons (Fsp3) is 0.558. The molecule has 4 rings (SSSR count). The number of benzene rings is 1. The highest BCUT2D eigenvalue weighted by atomic mass is 32.2. The molecule has 0 aliphatic carbocycles. The first-order chi connectivity index (χ1) is 32.5. The number of hydrogen-bond donors (Lipinski definition) is 11. The first-order valence-electron chi connectivity index (χ1n) is 22.0. The predicted molar refractivity (Wildman–Crippen MR) is 243 cm³/mol. The molecule has 3 unspecified atom stereocenters. The summed E-state index contributed by atoms with van der Waals surface area (Å²) in [5, 5.41) is 36.7. The van der Waals surface area contributed by atoms with Crippen molar-refractivity contribution < 1.29 is 72.4 Å². The van der Waals surface area contributed by atoms with E-state index < -0.39 is 165 Å². The summed E-state index contributed by atoms with van der Waals surface area (Å²) in [5.41, 5.74) is 13.1. The summed E-state index contributed by atoms with van der Waals surface area (Å²) in [6, 6.07) is -2.02. The van der Waals surface area contributed by atoms with Crippen molar-refractivity contribution in [1.82, 2.24) is 41.8 Å². The molecule has 1 fully saturated rings. The van der Waals surface area contributed by atoms with Gasteiger partial charge in [0.1, 0.15) is 42.9 Å². The second kappa shape index (κ2) is 25.0. The Balaban J connectivity index is 1.65. The number of nitrogens with zero attached hydrogens (tertiary/aromatic N) is 1. The number of carboxylic acids is 1. The van der Waals surface area contributed by atoms with Crippen LogP contribution in [0.1, 0.15) is 59.4 Å². The number of esters is 2. The lowest BCUT2D eigenvalue weighted by molar-refractivity contribution is -0.162. The van der Waals surface area contributed by atoms with Crippen LogP contribution in [0.2, 0.25) is 0 Å². The number of aliphatic hydroxyl groups excluding tert-OH is 1. The number of carbonyl (C=O) groups excluding carboxylic acids is 10. The van der Waals surface area contributed by atoms with E-state index >= 15 is 0 Å². The maximum Gasteiger partial charge on any atom is 0.326 e. The van der Waals surface area contributed by atoms with Crippen molar-refractivity contribution in [3.63, 3.8) is 0 Å². The van der Waals surface area contributed by atoms with Crippen molar-refractivity contribution in [2.24, 2.45) is 23.3 Å². The lowest BCUT2D eigenvalue weighted by Crippen LogP contribution is -2.60. The molecule has 0 spiro atoms. The minimum Gasteiger partial charge on any atom is -0.480 e. The van der Waals surface area contributed by atoms with Gasteiger partial charge in [-0.3, -0.25) is 47.9 Å². The van der Waals surface area contributed by atoms with Gasteiger partial charge in [-0.25, -0.2) is 4.79 Å². The van der Waals surface area contributed by atoms with Crippen LogP contribution in [0.15, 0.2) is 29.3 Å². The number of aromatic nitrogens is 1. The number of aliphatic carboxylic acids is 1. The molecule has 2 aliphatic heterocycles. The Kier molecular flexibility index (Phi) is 19.9. The summed E-state index contributed by atoms with van der Waals surface area (Å²) >= 11 is 1.02. The number of nitrogens with one attached hydrogen (secondary N) is 7. The SMILES string of the molecule is CC[C@H](C)[C@@H]1NC(=O)CNC(=O)C(N)Cc2c([nH]c3ccccc23)SCC(C(=O)NC(CC(N)=O)C(=O)N2C[C@H](O)C[C@H]2C(=O)N[C@H](C(=O)O)[C@@H](C)[C@H](COC(C)=O)OC(C)=O)NC(=O)CNC1=O. The average molecular weight is 989 g/mol. The van der Waals surface area contributed by atoms with Gasteiger partial charge in [-0.05, 0) is 24.0 Å². The van der Waals surface area contributed by atoms with Gasteiger partial charge in [0.2, 0.25) is 47.3 Å². The number of β-amino-alcohol motifs (C(OH)–C–C–N with tert-alkyl or cyclic N) is 1. The lowest BCUT2D eigenvalue weighted by atomic mass is 9.95. The van der Waals surface area contributed by atoms with Crippen LogP contribution >= 0.6 is 11.8 Å². The largest absolute Gasteiger partial charge is 0.480 e. The van der Waals surface area contributed by atoms with Crippen molar-refractivity contribution >= 4 is 87.8 Å². The molecule has 25 nitrogen and oxygen atoms in total. The Hall–Kier alpha value is -6.80. The normalized spacial score (nSPS) is 22.8. The van der Waals surface area contributed by atoms with Crippen molar-refractivity contribution in [2.45, 2.75) is 114 Å². The molecule has 1 aromatic heterocycles. The molecule has 0 bridgehead atoms. The van der Waals surface area contributed by atoms with Gasteiger partial charge in [-0.1, -0.05) is 45.4 Å². The molecule has 10 atom stereocenters. The van der Waals surface area contributed by atoms with Crippen molar-refractivity contribution in [1.29, 1.82) is 0 Å². The molecule has 2 aliphatic rings. The third-order valence-corrected chi connectivity index (χ3v) is 12.7. The first kappa shape index (κ1) is 54.8. The van der Waals surface area contributed by atoms with E-state index in [0.717, 1.165) is 30.5 Å². The van der Waals surface area contributed by atoms with Gasteiger partial charge in [0.15, 0.2) is 0 Å². The molecule has 378 valence electrons. The van der Waals surface area contributed by atoms with E-state index in [4.69, 9.17) is 20.9 Å². The van der Waals surface area contributed by atoms with Crippen LogP contribution in [-0.4, -0.2) is 166 Å². The van der Waals surface area contributed by atoms with E-state index in [-0.39, 0.29) is 12.2 Å². The van der Waals surface area contributed by atoms with Crippen LogP contribution in [0, 0.1) is 11.8 Å². The number of aliphatic hydroxyl groups is 1. The fourth-order valence-corrected chi connectivity index (χ4v) is 8.80. The molecule has 1 aromatic carbocycles. The number of carbonyl (C=O) groups is 11. The highest BCUT2D eigenvalue weighted by Gasteiger charge is 2.45. The molecule has 2 aromatic rings. The van der Waals surface area contributed by atoms with Gasteiger partial charge < -0.3 is 72.9 Å². The maximum atomic E-state index is 14.3. The van der Waals surface area contributed by atoms with Crippen LogP contribution in [0.4, 0.5) is 0 Å². The number of nitrogens with two attached hydrogens (primary N) is 2. The topological polar surface area (TPSA) is 390 Å². The Morgan fingerprint density at radius 2 is 1.58 bits per heavy atom. The van der Waals surface area contributed by atoms with Crippen LogP contribution in [0.3, 0.4) is 0 Å². The van der Waals surface area contributed by atoms with Gasteiger partial charge in [0.25, 0.3) is 0 Å². The maximum absolute atomic E-state index is 14.3. The Morgan fingerprint density at radius 3 is 2.20 bits per heavy atom. The van der Waals surface area contributed by atoms with Gasteiger partial charge in [-0.15, -0.1) is 11.8 Å². The number of ether oxygens (including phenoxy) is 2. The number of amides is 8. The van der Waals surface area contributed by atoms with Crippen LogP contribution < -0.4 is 43.4 Å². The number of carboxylic acid groups (broad SMARTS) is 1. The van der Waals surface area contributed by atoms with Crippen LogP contribution in [0.5, 0.6) is 0 Å². The summed E-state index contributed by atoms with van der Waals surface area (Å²) in [5.74, 6) is -12.4. The molecule has 69 heavy (non-hydrogen) atoms. The third kappa shape index (κ3) is 15.4. The van der Waals surface area contributed by atoms with Gasteiger partial charge >= 0.3 is 17.9 Å². The quantitative estimate of drug-likeness (QED) is 0.0769. The van der Waals surface area contributed by atoms with E-state index in [0.29, 0.717) is 27.9 Å². The number of primary amides is 1. The Labute approximate surface area is 400 Å². The number of thioether (sulfide) groups is 1. The number of para-hydroxylation sites is 1. The molecule has 3 heterocycles. The minimum atomic E-state index is -1.82. The van der Waals surface area contributed by atoms with E-state index in [2.05, 4.69) is 36.9 Å². The van der Waals surface area contributed by atoms with E-state index in [9.17, 15) is 63.0 Å². The summed E-state index contributed by atoms with van der Waals surface area (Å²) in [4.78, 5) is 148. The Bertz CT molecular complexity index is 2290. The number of rotatable bonds is 15. The summed E-state index contributed by atoms with van der Waals surface area (Å²) in [6.07, 6.45) is -3.58. The number of likely N-dealkylation sites (tertiary alicyclic amines) is 1. The summed E-state index contributed by atoms with van der Waals surface area (Å²) in [6.45, 7) is 4.63. The van der Waals surface area contributed by atoms with Crippen molar-refractivity contribution in [3.05, 3.63) is 29.8 Å². The number of fused-ring (bicyclic) bond motifs is 3. The molecule has 8 amide bonds. The second-order valence-corrected chi connectivity index (χ2v) is 17.9. The highest BCUT2D eigenvalue weighted by molar-refractivity contribution is 7.99. The smallest absolute Gasteiger partial charge is 0.326 e. The van der Waals surface area contributed by atoms with E-state index in [1.807, 2.05) is 0 Å².